The summed E-state index contributed by atoms with van der Waals surface area (Å²) in [4.78, 5) is 26.9. The van der Waals surface area contributed by atoms with Crippen molar-refractivity contribution in [2.24, 2.45) is 0 Å². The highest BCUT2D eigenvalue weighted by Gasteiger charge is 2.33. The standard InChI is InChI=1S/C21H23ClN2O3/c1-13-8-14(2)10-16(9-13)24-7-6-19(21(24)26)23-20(25)11-15-4-5-17(27-3)12-18(15)22/h4-5,8-10,12,19H,6-7,11H2,1-3H3,(H,23,25)/t19-/m0/s1. The van der Waals surface area contributed by atoms with E-state index in [1.807, 2.05) is 26.0 Å². The van der Waals surface area contributed by atoms with Crippen molar-refractivity contribution in [3.05, 3.63) is 58.1 Å². The molecule has 1 aliphatic heterocycles. The first-order chi connectivity index (χ1) is 12.9. The SMILES string of the molecule is COc1ccc(CC(=O)N[C@H]2CCN(c3cc(C)cc(C)c3)C2=O)c(Cl)c1. The molecule has 142 valence electrons. The summed E-state index contributed by atoms with van der Waals surface area (Å²) < 4.78 is 5.11. The molecule has 5 nitrogen and oxygen atoms in total. The van der Waals surface area contributed by atoms with Crippen LogP contribution < -0.4 is 15.0 Å². The number of amides is 2. The Morgan fingerprint density at radius 2 is 1.93 bits per heavy atom. The minimum Gasteiger partial charge on any atom is -0.497 e. The lowest BCUT2D eigenvalue weighted by Crippen LogP contribution is -2.42. The maximum atomic E-state index is 12.7. The molecule has 0 aromatic heterocycles. The lowest BCUT2D eigenvalue weighted by Gasteiger charge is -2.18. The monoisotopic (exact) mass is 386 g/mol. The molecule has 0 spiro atoms. The zero-order valence-electron chi connectivity index (χ0n) is 15.7. The van der Waals surface area contributed by atoms with Crippen LogP contribution in [0, 0.1) is 13.8 Å². The second kappa shape index (κ2) is 8.01. The average molecular weight is 387 g/mol. The van der Waals surface area contributed by atoms with Gasteiger partial charge in [0.2, 0.25) is 11.8 Å². The third kappa shape index (κ3) is 4.42. The van der Waals surface area contributed by atoms with E-state index < -0.39 is 6.04 Å². The number of nitrogens with one attached hydrogen (secondary N) is 1. The quantitative estimate of drug-likeness (QED) is 0.856. The van der Waals surface area contributed by atoms with Gasteiger partial charge in [0.1, 0.15) is 11.8 Å². The average Bonchev–Trinajstić information content (AvgIpc) is 2.96. The van der Waals surface area contributed by atoms with Gasteiger partial charge in [-0.05, 0) is 61.2 Å². The van der Waals surface area contributed by atoms with E-state index in [9.17, 15) is 9.59 Å². The number of ether oxygens (including phenoxy) is 1. The number of carbonyl (C=O) groups is 2. The van der Waals surface area contributed by atoms with Gasteiger partial charge in [-0.25, -0.2) is 0 Å². The van der Waals surface area contributed by atoms with E-state index in [4.69, 9.17) is 16.3 Å². The number of anilines is 1. The summed E-state index contributed by atoms with van der Waals surface area (Å²) in [5.41, 5.74) is 3.80. The van der Waals surface area contributed by atoms with Crippen molar-refractivity contribution in [3.8, 4) is 5.75 Å². The number of hydrogen-bond donors (Lipinski definition) is 1. The van der Waals surface area contributed by atoms with E-state index in [1.165, 1.54) is 0 Å². The van der Waals surface area contributed by atoms with Gasteiger partial charge in [-0.15, -0.1) is 0 Å². The molecule has 0 bridgehead atoms. The smallest absolute Gasteiger partial charge is 0.249 e. The second-order valence-corrected chi connectivity index (χ2v) is 7.29. The summed E-state index contributed by atoms with van der Waals surface area (Å²) in [6.45, 7) is 4.61. The van der Waals surface area contributed by atoms with Crippen molar-refractivity contribution in [3.63, 3.8) is 0 Å². The van der Waals surface area contributed by atoms with Crippen LogP contribution in [0.2, 0.25) is 5.02 Å². The fourth-order valence-electron chi connectivity index (χ4n) is 3.39. The van der Waals surface area contributed by atoms with E-state index in [0.29, 0.717) is 29.3 Å². The van der Waals surface area contributed by atoms with E-state index in [0.717, 1.165) is 16.8 Å². The van der Waals surface area contributed by atoms with Crippen LogP contribution in [-0.4, -0.2) is 31.5 Å². The highest BCUT2D eigenvalue weighted by atomic mass is 35.5. The van der Waals surface area contributed by atoms with Crippen LogP contribution in [0.1, 0.15) is 23.1 Å². The number of carbonyl (C=O) groups excluding carboxylic acids is 2. The summed E-state index contributed by atoms with van der Waals surface area (Å²) in [6, 6.07) is 10.7. The van der Waals surface area contributed by atoms with Crippen LogP contribution in [0.4, 0.5) is 5.69 Å². The summed E-state index contributed by atoms with van der Waals surface area (Å²) in [7, 11) is 1.56. The molecule has 0 aliphatic carbocycles. The maximum absolute atomic E-state index is 12.7. The highest BCUT2D eigenvalue weighted by molar-refractivity contribution is 6.31. The fourth-order valence-corrected chi connectivity index (χ4v) is 3.63. The zero-order chi connectivity index (χ0) is 19.6. The summed E-state index contributed by atoms with van der Waals surface area (Å²) in [5.74, 6) is 0.344. The summed E-state index contributed by atoms with van der Waals surface area (Å²) in [6.07, 6.45) is 0.712. The van der Waals surface area contributed by atoms with Crippen molar-refractivity contribution in [1.82, 2.24) is 5.32 Å². The van der Waals surface area contributed by atoms with Gasteiger partial charge >= 0.3 is 0 Å². The fraction of sp³-hybridized carbons (Fsp3) is 0.333. The lowest BCUT2D eigenvalue weighted by molar-refractivity contribution is -0.126. The third-order valence-electron chi connectivity index (χ3n) is 4.67. The molecule has 0 saturated carbocycles. The Labute approximate surface area is 164 Å². The van der Waals surface area contributed by atoms with Gasteiger partial charge in [-0.1, -0.05) is 23.7 Å². The van der Waals surface area contributed by atoms with Crippen LogP contribution in [0.3, 0.4) is 0 Å². The van der Waals surface area contributed by atoms with Gasteiger partial charge in [0.05, 0.1) is 13.5 Å². The molecular formula is C21H23ClN2O3. The van der Waals surface area contributed by atoms with Crippen molar-refractivity contribution >= 4 is 29.1 Å². The van der Waals surface area contributed by atoms with Crippen LogP contribution in [0.5, 0.6) is 5.75 Å². The number of benzene rings is 2. The minimum atomic E-state index is -0.504. The molecule has 0 radical (unpaired) electrons. The van der Waals surface area contributed by atoms with Gasteiger partial charge in [-0.2, -0.15) is 0 Å². The number of methoxy groups -OCH3 is 1. The Kier molecular flexibility index (Phi) is 5.71. The van der Waals surface area contributed by atoms with E-state index >= 15 is 0 Å². The van der Waals surface area contributed by atoms with E-state index in [1.54, 1.807) is 30.2 Å². The number of rotatable bonds is 5. The Morgan fingerprint density at radius 3 is 2.56 bits per heavy atom. The molecule has 27 heavy (non-hydrogen) atoms. The molecule has 6 heteroatoms. The van der Waals surface area contributed by atoms with Gasteiger partial charge in [-0.3, -0.25) is 9.59 Å². The molecule has 1 N–H and O–H groups in total. The Bertz CT molecular complexity index is 861. The van der Waals surface area contributed by atoms with E-state index in [2.05, 4.69) is 11.4 Å². The van der Waals surface area contributed by atoms with Crippen molar-refractivity contribution in [2.45, 2.75) is 32.7 Å². The largest absolute Gasteiger partial charge is 0.497 e. The number of halogens is 1. The molecule has 3 rings (SSSR count). The molecule has 2 aromatic carbocycles. The molecule has 1 atom stereocenters. The third-order valence-corrected chi connectivity index (χ3v) is 5.02. The Hall–Kier alpha value is -2.53. The normalized spacial score (nSPS) is 16.5. The van der Waals surface area contributed by atoms with Gasteiger partial charge in [0.25, 0.3) is 0 Å². The van der Waals surface area contributed by atoms with Gasteiger partial charge < -0.3 is 15.0 Å². The Morgan fingerprint density at radius 1 is 1.22 bits per heavy atom. The van der Waals surface area contributed by atoms with Crippen LogP contribution >= 0.6 is 11.6 Å². The molecule has 1 aliphatic rings. The number of nitrogens with zero attached hydrogens (tertiary/aromatic N) is 1. The van der Waals surface area contributed by atoms with Crippen molar-refractivity contribution in [1.29, 1.82) is 0 Å². The Balaban J connectivity index is 1.64. The molecule has 0 unspecified atom stereocenters. The molecule has 1 heterocycles. The lowest BCUT2D eigenvalue weighted by atomic mass is 10.1. The van der Waals surface area contributed by atoms with Gasteiger partial charge in [0, 0.05) is 17.3 Å². The van der Waals surface area contributed by atoms with Crippen molar-refractivity contribution in [2.75, 3.05) is 18.6 Å². The van der Waals surface area contributed by atoms with Crippen LogP contribution in [0.15, 0.2) is 36.4 Å². The number of aryl methyl sites for hydroxylation is 2. The molecular weight excluding hydrogens is 364 g/mol. The predicted molar refractivity (Wildman–Crippen MR) is 107 cm³/mol. The number of hydrogen-bond acceptors (Lipinski definition) is 3. The van der Waals surface area contributed by atoms with Crippen LogP contribution in [0.25, 0.3) is 0 Å². The second-order valence-electron chi connectivity index (χ2n) is 6.88. The van der Waals surface area contributed by atoms with Crippen molar-refractivity contribution < 1.29 is 14.3 Å². The maximum Gasteiger partial charge on any atom is 0.249 e. The first kappa shape index (κ1) is 19.2. The molecule has 2 aromatic rings. The minimum absolute atomic E-state index is 0.0748. The summed E-state index contributed by atoms with van der Waals surface area (Å²) in [5, 5.41) is 3.31. The van der Waals surface area contributed by atoms with E-state index in [-0.39, 0.29) is 18.2 Å². The summed E-state index contributed by atoms with van der Waals surface area (Å²) >= 11 is 6.20. The first-order valence-corrected chi connectivity index (χ1v) is 9.26. The molecule has 2 amide bonds. The highest BCUT2D eigenvalue weighted by Crippen LogP contribution is 2.25. The topological polar surface area (TPSA) is 58.6 Å². The van der Waals surface area contributed by atoms with Crippen LogP contribution in [-0.2, 0) is 16.0 Å². The van der Waals surface area contributed by atoms with Gasteiger partial charge in [0.15, 0.2) is 0 Å². The predicted octanol–water partition coefficient (Wildman–Crippen LogP) is 3.43. The molecule has 1 fully saturated rings. The molecule has 1 saturated heterocycles. The first-order valence-electron chi connectivity index (χ1n) is 8.89. The zero-order valence-corrected chi connectivity index (χ0v) is 16.5.